The van der Waals surface area contributed by atoms with Crippen LogP contribution in [-0.2, 0) is 26.2 Å². The van der Waals surface area contributed by atoms with E-state index in [1.54, 1.807) is 0 Å². The Labute approximate surface area is 143 Å². The van der Waals surface area contributed by atoms with E-state index in [4.69, 9.17) is 0 Å². The van der Waals surface area contributed by atoms with Crippen molar-refractivity contribution in [1.29, 1.82) is 0 Å². The zero-order chi connectivity index (χ0) is 17.1. The number of aryl methyl sites for hydroxylation is 4. The van der Waals surface area contributed by atoms with Crippen LogP contribution in [0.5, 0.6) is 0 Å². The Kier molecular flexibility index (Phi) is 5.25. The summed E-state index contributed by atoms with van der Waals surface area (Å²) in [4.78, 5) is 14.0. The molecule has 1 aliphatic rings. The Hall–Kier alpha value is -1.80. The van der Waals surface area contributed by atoms with E-state index in [2.05, 4.69) is 43.8 Å². The van der Waals surface area contributed by atoms with Crippen LogP contribution in [0, 0.1) is 13.8 Å². The molecule has 2 aromatic rings. The molecule has 0 aromatic carbocycles. The summed E-state index contributed by atoms with van der Waals surface area (Å²) in [5.41, 5.74) is 0. The standard InChI is InChI=1S/C16H28N8/c1-5-23-13(3)17-15(19-23)11-21-7-9-22(10-8-21)12-16-18-14(4)24(6-2)20-16/h5-12H2,1-4H3. The maximum Gasteiger partial charge on any atom is 0.164 e. The summed E-state index contributed by atoms with van der Waals surface area (Å²) in [5.74, 6) is 3.86. The van der Waals surface area contributed by atoms with Crippen molar-refractivity contribution >= 4 is 0 Å². The molecule has 1 aliphatic heterocycles. The predicted octanol–water partition coefficient (Wildman–Crippen LogP) is 0.844. The lowest BCUT2D eigenvalue weighted by Gasteiger charge is -2.33. The maximum absolute atomic E-state index is 4.56. The lowest BCUT2D eigenvalue weighted by atomic mass is 10.3. The van der Waals surface area contributed by atoms with Crippen LogP contribution in [0.1, 0.15) is 37.1 Å². The molecule has 3 heterocycles. The minimum absolute atomic E-state index is 0.837. The Morgan fingerprint density at radius 3 is 1.38 bits per heavy atom. The maximum atomic E-state index is 4.56. The van der Waals surface area contributed by atoms with Crippen molar-refractivity contribution < 1.29 is 0 Å². The molecular formula is C16H28N8. The Bertz CT molecular complexity index is 607. The Balaban J connectivity index is 1.49. The van der Waals surface area contributed by atoms with Gasteiger partial charge >= 0.3 is 0 Å². The SMILES string of the molecule is CCn1nc(CN2CCN(Cc3nc(C)n(CC)n3)CC2)nc1C. The van der Waals surface area contributed by atoms with Gasteiger partial charge in [-0.2, -0.15) is 10.2 Å². The van der Waals surface area contributed by atoms with Gasteiger partial charge in [-0.15, -0.1) is 0 Å². The summed E-state index contributed by atoms with van der Waals surface area (Å²) in [6, 6.07) is 0. The monoisotopic (exact) mass is 332 g/mol. The van der Waals surface area contributed by atoms with Crippen LogP contribution in [0.25, 0.3) is 0 Å². The predicted molar refractivity (Wildman–Crippen MR) is 91.4 cm³/mol. The Morgan fingerprint density at radius 1 is 0.708 bits per heavy atom. The van der Waals surface area contributed by atoms with E-state index in [1.807, 2.05) is 23.2 Å². The smallest absolute Gasteiger partial charge is 0.164 e. The van der Waals surface area contributed by atoms with E-state index in [0.29, 0.717) is 0 Å². The molecule has 1 fully saturated rings. The van der Waals surface area contributed by atoms with E-state index in [1.165, 1.54) is 0 Å². The highest BCUT2D eigenvalue weighted by Crippen LogP contribution is 2.09. The van der Waals surface area contributed by atoms with Crippen molar-refractivity contribution in [3.05, 3.63) is 23.3 Å². The number of nitrogens with zero attached hydrogens (tertiary/aromatic N) is 8. The van der Waals surface area contributed by atoms with Crippen molar-refractivity contribution in [2.24, 2.45) is 0 Å². The average Bonchev–Trinajstić information content (AvgIpc) is 3.11. The van der Waals surface area contributed by atoms with Gasteiger partial charge in [-0.05, 0) is 27.7 Å². The molecule has 0 radical (unpaired) electrons. The van der Waals surface area contributed by atoms with Crippen LogP contribution < -0.4 is 0 Å². The van der Waals surface area contributed by atoms with E-state index in [-0.39, 0.29) is 0 Å². The van der Waals surface area contributed by atoms with Crippen molar-refractivity contribution in [3.63, 3.8) is 0 Å². The zero-order valence-corrected chi connectivity index (χ0v) is 15.2. The van der Waals surface area contributed by atoms with Gasteiger partial charge in [-0.3, -0.25) is 19.2 Å². The molecule has 0 unspecified atom stereocenters. The zero-order valence-electron chi connectivity index (χ0n) is 15.2. The van der Waals surface area contributed by atoms with Crippen molar-refractivity contribution in [1.82, 2.24) is 39.3 Å². The molecule has 0 saturated carbocycles. The molecule has 0 N–H and O–H groups in total. The number of aromatic nitrogens is 6. The van der Waals surface area contributed by atoms with Gasteiger partial charge in [0.25, 0.3) is 0 Å². The summed E-state index contributed by atoms with van der Waals surface area (Å²) in [6.07, 6.45) is 0. The molecule has 2 aromatic heterocycles. The molecule has 0 aliphatic carbocycles. The Morgan fingerprint density at radius 2 is 1.08 bits per heavy atom. The average molecular weight is 332 g/mol. The first-order valence-corrected chi connectivity index (χ1v) is 8.84. The van der Waals surface area contributed by atoms with E-state index < -0.39 is 0 Å². The van der Waals surface area contributed by atoms with Gasteiger partial charge in [0, 0.05) is 39.3 Å². The minimum Gasteiger partial charge on any atom is -0.293 e. The fourth-order valence-corrected chi connectivity index (χ4v) is 3.20. The van der Waals surface area contributed by atoms with Crippen LogP contribution in [0.2, 0.25) is 0 Å². The lowest BCUT2D eigenvalue weighted by Crippen LogP contribution is -2.45. The summed E-state index contributed by atoms with van der Waals surface area (Å²) in [7, 11) is 0. The van der Waals surface area contributed by atoms with Crippen LogP contribution >= 0.6 is 0 Å². The molecule has 0 atom stereocenters. The lowest BCUT2D eigenvalue weighted by molar-refractivity contribution is 0.117. The van der Waals surface area contributed by atoms with Gasteiger partial charge in [0.15, 0.2) is 11.6 Å². The highest BCUT2D eigenvalue weighted by atomic mass is 15.4. The van der Waals surface area contributed by atoms with E-state index in [9.17, 15) is 0 Å². The second-order valence-electron chi connectivity index (χ2n) is 6.33. The third-order valence-electron chi connectivity index (χ3n) is 4.60. The summed E-state index contributed by atoms with van der Waals surface area (Å²) >= 11 is 0. The first kappa shape index (κ1) is 17.0. The van der Waals surface area contributed by atoms with Crippen LogP contribution in [-0.4, -0.2) is 65.5 Å². The van der Waals surface area contributed by atoms with Gasteiger partial charge < -0.3 is 0 Å². The molecule has 3 rings (SSSR count). The van der Waals surface area contributed by atoms with Crippen LogP contribution in [0.3, 0.4) is 0 Å². The molecule has 0 amide bonds. The minimum atomic E-state index is 0.837. The van der Waals surface area contributed by atoms with Crippen molar-refractivity contribution in [2.75, 3.05) is 26.2 Å². The highest BCUT2D eigenvalue weighted by molar-refractivity contribution is 4.93. The molecule has 1 saturated heterocycles. The fourth-order valence-electron chi connectivity index (χ4n) is 3.20. The van der Waals surface area contributed by atoms with E-state index in [0.717, 1.165) is 75.7 Å². The largest absolute Gasteiger partial charge is 0.293 e. The molecule has 0 bridgehead atoms. The van der Waals surface area contributed by atoms with Crippen LogP contribution in [0.4, 0.5) is 0 Å². The number of piperazine rings is 1. The summed E-state index contributed by atoms with van der Waals surface area (Å²) in [5, 5.41) is 9.12. The molecule has 24 heavy (non-hydrogen) atoms. The van der Waals surface area contributed by atoms with Gasteiger partial charge in [0.2, 0.25) is 0 Å². The normalized spacial score (nSPS) is 16.8. The third-order valence-corrected chi connectivity index (χ3v) is 4.60. The molecular weight excluding hydrogens is 304 g/mol. The van der Waals surface area contributed by atoms with Crippen LogP contribution in [0.15, 0.2) is 0 Å². The molecule has 8 heteroatoms. The molecule has 0 spiro atoms. The quantitative estimate of drug-likeness (QED) is 0.781. The fraction of sp³-hybridized carbons (Fsp3) is 0.750. The second kappa shape index (κ2) is 7.40. The highest BCUT2D eigenvalue weighted by Gasteiger charge is 2.20. The molecule has 8 nitrogen and oxygen atoms in total. The summed E-state index contributed by atoms with van der Waals surface area (Å²) in [6.45, 7) is 15.8. The van der Waals surface area contributed by atoms with Crippen molar-refractivity contribution in [3.8, 4) is 0 Å². The van der Waals surface area contributed by atoms with Gasteiger partial charge in [0.05, 0.1) is 13.1 Å². The van der Waals surface area contributed by atoms with Gasteiger partial charge in [0.1, 0.15) is 11.6 Å². The number of hydrogen-bond acceptors (Lipinski definition) is 6. The van der Waals surface area contributed by atoms with Gasteiger partial charge in [-0.1, -0.05) is 0 Å². The molecule has 132 valence electrons. The number of hydrogen-bond donors (Lipinski definition) is 0. The topological polar surface area (TPSA) is 67.9 Å². The van der Waals surface area contributed by atoms with Crippen molar-refractivity contribution in [2.45, 2.75) is 53.9 Å². The van der Waals surface area contributed by atoms with E-state index >= 15 is 0 Å². The van der Waals surface area contributed by atoms with Gasteiger partial charge in [-0.25, -0.2) is 9.97 Å². The first-order valence-electron chi connectivity index (χ1n) is 8.84. The first-order chi connectivity index (χ1) is 11.6. The summed E-state index contributed by atoms with van der Waals surface area (Å²) < 4.78 is 3.92. The number of rotatable bonds is 6. The third kappa shape index (κ3) is 3.81. The second-order valence-corrected chi connectivity index (χ2v) is 6.33.